The van der Waals surface area contributed by atoms with E-state index in [0.29, 0.717) is 11.3 Å². The van der Waals surface area contributed by atoms with Gasteiger partial charge in [0.25, 0.3) is 0 Å². The van der Waals surface area contributed by atoms with E-state index in [1.165, 1.54) is 47.7 Å². The van der Waals surface area contributed by atoms with Crippen molar-refractivity contribution in [2.45, 2.75) is 11.8 Å². The predicted octanol–water partition coefficient (Wildman–Crippen LogP) is 4.58. The van der Waals surface area contributed by atoms with Gasteiger partial charge in [-0.25, -0.2) is 0 Å². The first-order chi connectivity index (χ1) is 18.2. The van der Waals surface area contributed by atoms with Crippen LogP contribution in [0.2, 0.25) is 0 Å². The monoisotopic (exact) mass is 542 g/mol. The van der Waals surface area contributed by atoms with Crippen LogP contribution in [0, 0.1) is 6.92 Å². The van der Waals surface area contributed by atoms with E-state index in [1.54, 1.807) is 36.4 Å². The molecule has 200 valence electrons. The lowest BCUT2D eigenvalue weighted by Gasteiger charge is -2.19. The number of methoxy groups -OCH3 is 5. The molecule has 0 aliphatic heterocycles. The lowest BCUT2D eigenvalue weighted by molar-refractivity contribution is 0.306. The van der Waals surface area contributed by atoms with Crippen molar-refractivity contribution >= 4 is 21.1 Å². The van der Waals surface area contributed by atoms with Crippen LogP contribution < -0.4 is 33.3 Å². The summed E-state index contributed by atoms with van der Waals surface area (Å²) in [5.74, 6) is -0.0328. The summed E-state index contributed by atoms with van der Waals surface area (Å²) >= 11 is 0. The van der Waals surface area contributed by atoms with E-state index < -0.39 is 21.3 Å². The molecule has 0 spiro atoms. The molecule has 38 heavy (non-hydrogen) atoms. The maximum Gasteiger partial charge on any atom is 0.339 e. The topological polar surface area (TPSA) is 120 Å². The van der Waals surface area contributed by atoms with Gasteiger partial charge in [0, 0.05) is 5.56 Å². The average Bonchev–Trinajstić information content (AvgIpc) is 2.93. The Bertz CT molecular complexity index is 1640. The van der Waals surface area contributed by atoms with Crippen molar-refractivity contribution in [3.05, 3.63) is 64.3 Å². The maximum absolute atomic E-state index is 14.0. The van der Waals surface area contributed by atoms with Gasteiger partial charge >= 0.3 is 10.1 Å². The Hall–Kier alpha value is -4.38. The van der Waals surface area contributed by atoms with Gasteiger partial charge < -0.3 is 32.3 Å². The number of aryl methyl sites for hydroxylation is 1. The molecule has 0 N–H and O–H groups in total. The first kappa shape index (κ1) is 26.7. The summed E-state index contributed by atoms with van der Waals surface area (Å²) in [5, 5.41) is -0.159. The van der Waals surface area contributed by atoms with E-state index >= 15 is 0 Å². The van der Waals surface area contributed by atoms with Crippen LogP contribution in [0.5, 0.6) is 34.5 Å². The van der Waals surface area contributed by atoms with Gasteiger partial charge in [-0.2, -0.15) is 8.42 Å². The molecule has 11 heteroatoms. The van der Waals surface area contributed by atoms with Crippen LogP contribution >= 0.6 is 0 Å². The largest absolute Gasteiger partial charge is 0.497 e. The highest BCUT2D eigenvalue weighted by Crippen LogP contribution is 2.51. The smallest absolute Gasteiger partial charge is 0.339 e. The van der Waals surface area contributed by atoms with E-state index in [2.05, 4.69) is 0 Å². The lowest BCUT2D eigenvalue weighted by atomic mass is 10.1. The Balaban J connectivity index is 2.11. The Kier molecular flexibility index (Phi) is 7.40. The normalized spacial score (nSPS) is 11.2. The molecule has 0 aliphatic carbocycles. The summed E-state index contributed by atoms with van der Waals surface area (Å²) in [6.07, 6.45) is 0. The number of fused-ring (bicyclic) bond motifs is 1. The van der Waals surface area contributed by atoms with Crippen LogP contribution in [0.4, 0.5) is 0 Å². The summed E-state index contributed by atoms with van der Waals surface area (Å²) in [7, 11) is 2.50. The average molecular weight is 543 g/mol. The molecule has 0 atom stereocenters. The standard InChI is InChI=1S/C27H26O10S/c1-15-7-13-18(14-8-15)38(29,30)37-24-20(28)19-22(32-3)25(33-4)27(35-6)26(34-5)23(19)36-21(24)16-9-11-17(31-2)12-10-16/h7-14H,1-6H3. The van der Waals surface area contributed by atoms with E-state index in [1.807, 2.05) is 6.92 Å². The molecule has 4 rings (SSSR count). The summed E-state index contributed by atoms with van der Waals surface area (Å²) in [6, 6.07) is 12.5. The molecular formula is C27H26O10S. The third-order valence-corrected chi connectivity index (χ3v) is 7.03. The fourth-order valence-electron chi connectivity index (χ4n) is 3.93. The van der Waals surface area contributed by atoms with E-state index in [0.717, 1.165) is 5.56 Å². The molecule has 0 bridgehead atoms. The highest BCUT2D eigenvalue weighted by molar-refractivity contribution is 7.87. The summed E-state index contributed by atoms with van der Waals surface area (Å²) in [5.41, 5.74) is 0.308. The van der Waals surface area contributed by atoms with E-state index in [-0.39, 0.29) is 44.6 Å². The van der Waals surface area contributed by atoms with Crippen molar-refractivity contribution in [3.8, 4) is 45.8 Å². The molecule has 0 unspecified atom stereocenters. The minimum absolute atomic E-state index is 0.0416. The first-order valence-corrected chi connectivity index (χ1v) is 12.6. The summed E-state index contributed by atoms with van der Waals surface area (Å²) in [4.78, 5) is 13.9. The van der Waals surface area contributed by atoms with Crippen molar-refractivity contribution in [1.29, 1.82) is 0 Å². The van der Waals surface area contributed by atoms with Gasteiger partial charge in [-0.3, -0.25) is 4.79 Å². The van der Waals surface area contributed by atoms with Gasteiger partial charge in [0.1, 0.15) is 16.0 Å². The van der Waals surface area contributed by atoms with E-state index in [9.17, 15) is 13.2 Å². The second-order valence-electron chi connectivity index (χ2n) is 8.01. The molecule has 0 radical (unpaired) electrons. The third-order valence-electron chi connectivity index (χ3n) is 5.79. The maximum atomic E-state index is 14.0. The minimum Gasteiger partial charge on any atom is -0.497 e. The fourth-order valence-corrected chi connectivity index (χ4v) is 4.87. The third kappa shape index (κ3) is 4.56. The van der Waals surface area contributed by atoms with Crippen LogP contribution in [-0.2, 0) is 10.1 Å². The Morgan fingerprint density at radius 2 is 1.21 bits per heavy atom. The number of hydrogen-bond acceptors (Lipinski definition) is 10. The predicted molar refractivity (Wildman–Crippen MR) is 140 cm³/mol. The van der Waals surface area contributed by atoms with Crippen LogP contribution in [0.15, 0.2) is 62.6 Å². The highest BCUT2D eigenvalue weighted by Gasteiger charge is 2.32. The molecule has 10 nitrogen and oxygen atoms in total. The number of benzene rings is 3. The quantitative estimate of drug-likeness (QED) is 0.278. The Morgan fingerprint density at radius 1 is 0.658 bits per heavy atom. The van der Waals surface area contributed by atoms with Gasteiger partial charge in [-0.1, -0.05) is 17.7 Å². The van der Waals surface area contributed by atoms with Crippen LogP contribution in [0.3, 0.4) is 0 Å². The van der Waals surface area contributed by atoms with Crippen LogP contribution in [0.1, 0.15) is 5.56 Å². The van der Waals surface area contributed by atoms with Gasteiger partial charge in [-0.15, -0.1) is 0 Å². The van der Waals surface area contributed by atoms with Gasteiger partial charge in [0.2, 0.25) is 28.4 Å². The summed E-state index contributed by atoms with van der Waals surface area (Å²) in [6.45, 7) is 1.82. The SMILES string of the molecule is COc1ccc(-c2oc3c(OC)c(OC)c(OC)c(OC)c3c(=O)c2OS(=O)(=O)c2ccc(C)cc2)cc1. The number of rotatable bonds is 9. The zero-order valence-electron chi connectivity index (χ0n) is 21.6. The second-order valence-corrected chi connectivity index (χ2v) is 9.55. The lowest BCUT2D eigenvalue weighted by Crippen LogP contribution is -2.17. The zero-order valence-corrected chi connectivity index (χ0v) is 22.4. The number of hydrogen-bond donors (Lipinski definition) is 0. The van der Waals surface area contributed by atoms with Crippen LogP contribution in [-0.4, -0.2) is 44.0 Å². The molecule has 0 amide bonds. The van der Waals surface area contributed by atoms with E-state index in [4.69, 9.17) is 32.3 Å². The molecule has 1 heterocycles. The van der Waals surface area contributed by atoms with Crippen molar-refractivity contribution in [2.75, 3.05) is 35.5 Å². The molecule has 0 saturated carbocycles. The fraction of sp³-hybridized carbons (Fsp3) is 0.222. The van der Waals surface area contributed by atoms with Crippen molar-refractivity contribution in [2.24, 2.45) is 0 Å². The second kappa shape index (κ2) is 10.5. The van der Waals surface area contributed by atoms with Gasteiger partial charge in [0.05, 0.1) is 35.5 Å². The molecule has 1 aromatic heterocycles. The number of ether oxygens (including phenoxy) is 5. The molecular weight excluding hydrogens is 516 g/mol. The minimum atomic E-state index is -4.44. The summed E-state index contributed by atoms with van der Waals surface area (Å²) < 4.78 is 65.3. The van der Waals surface area contributed by atoms with Crippen molar-refractivity contribution in [3.63, 3.8) is 0 Å². The van der Waals surface area contributed by atoms with Crippen molar-refractivity contribution < 1.29 is 40.7 Å². The van der Waals surface area contributed by atoms with Crippen LogP contribution in [0.25, 0.3) is 22.3 Å². The first-order valence-electron chi connectivity index (χ1n) is 11.2. The molecule has 0 aliphatic rings. The molecule has 3 aromatic carbocycles. The Morgan fingerprint density at radius 3 is 1.74 bits per heavy atom. The Labute approximate surface area is 219 Å². The highest BCUT2D eigenvalue weighted by atomic mass is 32.2. The van der Waals surface area contributed by atoms with Gasteiger partial charge in [0.15, 0.2) is 17.1 Å². The van der Waals surface area contributed by atoms with Crippen molar-refractivity contribution in [1.82, 2.24) is 0 Å². The molecule has 4 aromatic rings. The molecule has 0 fully saturated rings. The van der Waals surface area contributed by atoms with Gasteiger partial charge in [-0.05, 0) is 43.3 Å². The molecule has 0 saturated heterocycles. The zero-order chi connectivity index (χ0) is 27.6.